The van der Waals surface area contributed by atoms with Crippen molar-refractivity contribution in [3.8, 4) is 11.1 Å². The lowest BCUT2D eigenvalue weighted by molar-refractivity contribution is -0.117. The highest BCUT2D eigenvalue weighted by Crippen LogP contribution is 2.21. The van der Waals surface area contributed by atoms with Crippen LogP contribution in [0.4, 0.5) is 10.2 Å². The van der Waals surface area contributed by atoms with E-state index in [-0.39, 0.29) is 17.6 Å². The molecule has 4 aromatic rings. The first kappa shape index (κ1) is 22.4. The first-order valence-electron chi connectivity index (χ1n) is 10.8. The van der Waals surface area contributed by atoms with Crippen LogP contribution >= 0.6 is 0 Å². The normalized spacial score (nSPS) is 11.8. The van der Waals surface area contributed by atoms with Crippen LogP contribution < -0.4 is 10.6 Å². The minimum Gasteiger partial charge on any atom is -0.315 e. The number of nitrogens with zero attached hydrogens (tertiary/aromatic N) is 3. The van der Waals surface area contributed by atoms with Crippen LogP contribution in [-0.4, -0.2) is 33.8 Å². The zero-order chi connectivity index (χ0) is 23.0. The minimum atomic E-state index is -0.376. The Kier molecular flexibility index (Phi) is 7.22. The minimum absolute atomic E-state index is 0.128. The van der Waals surface area contributed by atoms with Gasteiger partial charge in [-0.05, 0) is 48.4 Å². The Balaban J connectivity index is 1.38. The molecule has 0 saturated heterocycles. The van der Waals surface area contributed by atoms with Gasteiger partial charge in [0.15, 0.2) is 0 Å². The summed E-state index contributed by atoms with van der Waals surface area (Å²) in [5.74, 6) is -0.245. The summed E-state index contributed by atoms with van der Waals surface area (Å²) in [4.78, 5) is 17.5. The molecule has 0 radical (unpaired) electrons. The molecule has 0 aliphatic heterocycles. The number of benzene rings is 2. The number of hydrogen-bond acceptors (Lipinski definition) is 4. The molecule has 2 heterocycles. The van der Waals surface area contributed by atoms with Crippen molar-refractivity contribution in [1.29, 1.82) is 0 Å². The number of carbonyl (C=O) groups is 1. The Morgan fingerprint density at radius 2 is 1.79 bits per heavy atom. The third-order valence-corrected chi connectivity index (χ3v) is 5.42. The summed E-state index contributed by atoms with van der Waals surface area (Å²) < 4.78 is 14.8. The van der Waals surface area contributed by atoms with Crippen LogP contribution in [0.2, 0.25) is 0 Å². The maximum Gasteiger partial charge on any atom is 0.234 e. The molecule has 0 aliphatic carbocycles. The molecule has 2 N–H and O–H groups in total. The standard InChI is InChI=1S/C26H26FN5O/c1-32-18-22(16-30-32)21-9-12-25(29-15-21)31-26(33)24(20-5-3-2-4-6-20)17-28-14-13-19-7-10-23(27)11-8-19/h2-12,15-16,18,24,28H,13-14,17H2,1H3,(H,29,31,33). The van der Waals surface area contributed by atoms with Crippen LogP contribution in [0.1, 0.15) is 17.0 Å². The highest BCUT2D eigenvalue weighted by atomic mass is 19.1. The fourth-order valence-electron chi connectivity index (χ4n) is 3.60. The maximum atomic E-state index is 13.1. The van der Waals surface area contributed by atoms with Crippen molar-refractivity contribution >= 4 is 11.7 Å². The first-order chi connectivity index (χ1) is 16.1. The molecule has 1 atom stereocenters. The average Bonchev–Trinajstić information content (AvgIpc) is 3.27. The number of hydrogen-bond donors (Lipinski definition) is 2. The molecule has 7 heteroatoms. The predicted octanol–water partition coefficient (Wildman–Crippen LogP) is 4.18. The van der Waals surface area contributed by atoms with Gasteiger partial charge < -0.3 is 10.6 Å². The summed E-state index contributed by atoms with van der Waals surface area (Å²) in [7, 11) is 1.86. The van der Waals surface area contributed by atoms with E-state index in [4.69, 9.17) is 0 Å². The third kappa shape index (κ3) is 6.11. The van der Waals surface area contributed by atoms with Gasteiger partial charge >= 0.3 is 0 Å². The van der Waals surface area contributed by atoms with Crippen molar-refractivity contribution in [2.45, 2.75) is 12.3 Å². The molecule has 33 heavy (non-hydrogen) atoms. The van der Waals surface area contributed by atoms with Crippen LogP contribution in [0.3, 0.4) is 0 Å². The van der Waals surface area contributed by atoms with Gasteiger partial charge in [-0.3, -0.25) is 9.48 Å². The monoisotopic (exact) mass is 443 g/mol. The second-order valence-electron chi connectivity index (χ2n) is 7.87. The van der Waals surface area contributed by atoms with E-state index in [0.717, 1.165) is 28.7 Å². The van der Waals surface area contributed by atoms with E-state index in [1.807, 2.05) is 49.6 Å². The Bertz CT molecular complexity index is 1170. The topological polar surface area (TPSA) is 71.8 Å². The molecule has 0 spiro atoms. The smallest absolute Gasteiger partial charge is 0.234 e. The van der Waals surface area contributed by atoms with Crippen LogP contribution in [0, 0.1) is 5.82 Å². The summed E-state index contributed by atoms with van der Waals surface area (Å²) in [5, 5.41) is 10.5. The Hall–Kier alpha value is -3.84. The van der Waals surface area contributed by atoms with Crippen LogP contribution in [0.25, 0.3) is 11.1 Å². The van der Waals surface area contributed by atoms with Gasteiger partial charge in [0, 0.05) is 37.1 Å². The summed E-state index contributed by atoms with van der Waals surface area (Å²) in [5.41, 5.74) is 3.87. The number of aryl methyl sites for hydroxylation is 1. The zero-order valence-corrected chi connectivity index (χ0v) is 18.4. The average molecular weight is 444 g/mol. The number of nitrogens with one attached hydrogen (secondary N) is 2. The second kappa shape index (κ2) is 10.7. The number of pyridine rings is 1. The van der Waals surface area contributed by atoms with Gasteiger partial charge in [-0.2, -0.15) is 5.10 Å². The SMILES string of the molecule is Cn1cc(-c2ccc(NC(=O)C(CNCCc3ccc(F)cc3)c3ccccc3)nc2)cn1. The van der Waals surface area contributed by atoms with E-state index in [2.05, 4.69) is 20.7 Å². The van der Waals surface area contributed by atoms with Gasteiger partial charge in [0.1, 0.15) is 11.6 Å². The molecule has 0 fully saturated rings. The van der Waals surface area contributed by atoms with Crippen molar-refractivity contribution in [2.75, 3.05) is 18.4 Å². The van der Waals surface area contributed by atoms with Crippen LogP contribution in [0.5, 0.6) is 0 Å². The number of amides is 1. The van der Waals surface area contributed by atoms with E-state index < -0.39 is 0 Å². The lowest BCUT2D eigenvalue weighted by Crippen LogP contribution is -2.32. The van der Waals surface area contributed by atoms with E-state index in [9.17, 15) is 9.18 Å². The molecule has 6 nitrogen and oxygen atoms in total. The Morgan fingerprint density at radius 3 is 2.45 bits per heavy atom. The highest BCUT2D eigenvalue weighted by Gasteiger charge is 2.20. The van der Waals surface area contributed by atoms with Gasteiger partial charge in [0.05, 0.1) is 12.1 Å². The van der Waals surface area contributed by atoms with E-state index in [1.165, 1.54) is 12.1 Å². The number of rotatable bonds is 9. The second-order valence-corrected chi connectivity index (χ2v) is 7.87. The van der Waals surface area contributed by atoms with Crippen LogP contribution in [0.15, 0.2) is 85.3 Å². The van der Waals surface area contributed by atoms with E-state index >= 15 is 0 Å². The van der Waals surface area contributed by atoms with Crippen molar-refractivity contribution in [3.63, 3.8) is 0 Å². The van der Waals surface area contributed by atoms with Gasteiger partial charge in [-0.25, -0.2) is 9.37 Å². The highest BCUT2D eigenvalue weighted by molar-refractivity contribution is 5.95. The lowest BCUT2D eigenvalue weighted by Gasteiger charge is -2.18. The number of aromatic nitrogens is 3. The van der Waals surface area contributed by atoms with Gasteiger partial charge in [0.2, 0.25) is 5.91 Å². The first-order valence-corrected chi connectivity index (χ1v) is 10.8. The number of halogens is 1. The van der Waals surface area contributed by atoms with Crippen molar-refractivity contribution in [1.82, 2.24) is 20.1 Å². The largest absolute Gasteiger partial charge is 0.315 e. The zero-order valence-electron chi connectivity index (χ0n) is 18.4. The molecule has 4 rings (SSSR count). The van der Waals surface area contributed by atoms with Crippen molar-refractivity contribution in [2.24, 2.45) is 7.05 Å². The lowest BCUT2D eigenvalue weighted by atomic mass is 9.98. The molecule has 0 bridgehead atoms. The molecule has 1 amide bonds. The summed E-state index contributed by atoms with van der Waals surface area (Å²) in [6.07, 6.45) is 6.17. The molecule has 2 aromatic carbocycles. The summed E-state index contributed by atoms with van der Waals surface area (Å²) in [6, 6.07) is 19.9. The molecule has 1 unspecified atom stereocenters. The van der Waals surface area contributed by atoms with E-state index in [1.54, 1.807) is 35.3 Å². The van der Waals surface area contributed by atoms with Gasteiger partial charge in [-0.1, -0.05) is 42.5 Å². The Morgan fingerprint density at radius 1 is 1.00 bits per heavy atom. The maximum absolute atomic E-state index is 13.1. The summed E-state index contributed by atoms with van der Waals surface area (Å²) >= 11 is 0. The van der Waals surface area contributed by atoms with Crippen LogP contribution in [-0.2, 0) is 18.3 Å². The molecule has 0 saturated carbocycles. The van der Waals surface area contributed by atoms with Crippen molar-refractivity contribution in [3.05, 3.63) is 102 Å². The molecule has 168 valence electrons. The van der Waals surface area contributed by atoms with Gasteiger partial charge in [-0.15, -0.1) is 0 Å². The van der Waals surface area contributed by atoms with Crippen molar-refractivity contribution < 1.29 is 9.18 Å². The third-order valence-electron chi connectivity index (χ3n) is 5.42. The van der Waals surface area contributed by atoms with Gasteiger partial charge in [0.25, 0.3) is 0 Å². The number of anilines is 1. The summed E-state index contributed by atoms with van der Waals surface area (Å²) in [6.45, 7) is 1.16. The predicted molar refractivity (Wildman–Crippen MR) is 127 cm³/mol. The molecular formula is C26H26FN5O. The molecule has 0 aliphatic rings. The van der Waals surface area contributed by atoms with E-state index in [0.29, 0.717) is 18.9 Å². The molecular weight excluding hydrogens is 417 g/mol. The Labute approximate surface area is 192 Å². The quantitative estimate of drug-likeness (QED) is 0.381. The number of carbonyl (C=O) groups excluding carboxylic acids is 1. The fraction of sp³-hybridized carbons (Fsp3) is 0.192. The fourth-order valence-corrected chi connectivity index (χ4v) is 3.60. The molecule has 2 aromatic heterocycles.